The van der Waals surface area contributed by atoms with E-state index in [4.69, 9.17) is 4.74 Å². The summed E-state index contributed by atoms with van der Waals surface area (Å²) in [6.45, 7) is 2.06. The maximum Gasteiger partial charge on any atom is 0.326 e. The van der Waals surface area contributed by atoms with Crippen LogP contribution >= 0.6 is 0 Å². The lowest BCUT2D eigenvalue weighted by Gasteiger charge is -2.35. The highest BCUT2D eigenvalue weighted by Gasteiger charge is 2.30. The number of aromatic nitrogens is 2. The van der Waals surface area contributed by atoms with Gasteiger partial charge in [-0.3, -0.25) is 24.2 Å². The van der Waals surface area contributed by atoms with Crippen molar-refractivity contribution >= 4 is 23.3 Å². The number of benzene rings is 1. The van der Waals surface area contributed by atoms with Gasteiger partial charge < -0.3 is 19.9 Å². The Morgan fingerprint density at radius 3 is 2.72 bits per heavy atom. The van der Waals surface area contributed by atoms with E-state index in [1.165, 1.54) is 11.8 Å². The van der Waals surface area contributed by atoms with Gasteiger partial charge in [-0.25, -0.2) is 4.79 Å². The zero-order chi connectivity index (χ0) is 21.0. The van der Waals surface area contributed by atoms with Gasteiger partial charge in [0.1, 0.15) is 5.69 Å². The van der Waals surface area contributed by atoms with Crippen molar-refractivity contribution in [3.8, 4) is 0 Å². The van der Waals surface area contributed by atoms with Crippen molar-refractivity contribution in [2.45, 2.75) is 19.4 Å². The summed E-state index contributed by atoms with van der Waals surface area (Å²) >= 11 is 0. The van der Waals surface area contributed by atoms with Gasteiger partial charge in [0.15, 0.2) is 5.78 Å². The number of hydrogen-bond acceptors (Lipinski definition) is 6. The molecule has 0 saturated carbocycles. The summed E-state index contributed by atoms with van der Waals surface area (Å²) in [6.07, 6.45) is -0.0521. The molecule has 1 fully saturated rings. The van der Waals surface area contributed by atoms with Gasteiger partial charge in [-0.15, -0.1) is 0 Å². The van der Waals surface area contributed by atoms with Gasteiger partial charge in [0.05, 0.1) is 19.3 Å². The first-order chi connectivity index (χ1) is 13.8. The molecular formula is C19H20N4O6. The predicted molar refractivity (Wildman–Crippen MR) is 103 cm³/mol. The van der Waals surface area contributed by atoms with E-state index in [2.05, 4.69) is 10.3 Å². The van der Waals surface area contributed by atoms with Gasteiger partial charge >= 0.3 is 5.69 Å². The number of rotatable bonds is 5. The molecule has 2 heterocycles. The fourth-order valence-electron chi connectivity index (χ4n) is 3.07. The molecule has 1 aromatic heterocycles. The molecule has 10 heteroatoms. The topological polar surface area (TPSA) is 141 Å². The highest BCUT2D eigenvalue weighted by molar-refractivity contribution is 5.97. The lowest BCUT2D eigenvalue weighted by Crippen LogP contribution is -2.50. The Labute approximate surface area is 164 Å². The lowest BCUT2D eigenvalue weighted by atomic mass is 10.1. The molecule has 2 aromatic rings. The van der Waals surface area contributed by atoms with Crippen molar-refractivity contribution in [3.05, 3.63) is 62.4 Å². The number of nitrogens with one attached hydrogen (secondary N) is 3. The largest absolute Gasteiger partial charge is 0.377 e. The molecule has 3 N–H and O–H groups in total. The van der Waals surface area contributed by atoms with Crippen LogP contribution in [0.5, 0.6) is 0 Å². The predicted octanol–water partition coefficient (Wildman–Crippen LogP) is 0.136. The summed E-state index contributed by atoms with van der Waals surface area (Å²) in [5, 5.41) is 2.70. The third-order valence-corrected chi connectivity index (χ3v) is 4.45. The van der Waals surface area contributed by atoms with E-state index >= 15 is 0 Å². The highest BCUT2D eigenvalue weighted by atomic mass is 16.5. The summed E-state index contributed by atoms with van der Waals surface area (Å²) < 4.78 is 5.39. The van der Waals surface area contributed by atoms with Gasteiger partial charge in [0.2, 0.25) is 5.91 Å². The highest BCUT2D eigenvalue weighted by Crippen LogP contribution is 2.16. The Morgan fingerprint density at radius 2 is 2.00 bits per heavy atom. The van der Waals surface area contributed by atoms with Crippen molar-refractivity contribution in [1.82, 2.24) is 14.9 Å². The van der Waals surface area contributed by atoms with Gasteiger partial charge in [0, 0.05) is 30.3 Å². The fraction of sp³-hybridized carbons (Fsp3) is 0.316. The lowest BCUT2D eigenvalue weighted by molar-refractivity contribution is -0.118. The molecule has 0 unspecified atom stereocenters. The number of H-pyrrole nitrogens is 2. The smallest absolute Gasteiger partial charge is 0.326 e. The molecule has 1 aliphatic heterocycles. The molecule has 3 rings (SSSR count). The second-order valence-electron chi connectivity index (χ2n) is 6.62. The van der Waals surface area contributed by atoms with Crippen LogP contribution in [0.1, 0.15) is 34.2 Å². The van der Waals surface area contributed by atoms with E-state index in [9.17, 15) is 24.0 Å². The number of morpholine rings is 1. The normalized spacial score (nSPS) is 16.3. The van der Waals surface area contributed by atoms with Crippen LogP contribution in [0, 0.1) is 0 Å². The molecular weight excluding hydrogens is 380 g/mol. The molecule has 29 heavy (non-hydrogen) atoms. The monoisotopic (exact) mass is 400 g/mol. The molecule has 0 bridgehead atoms. The third-order valence-electron chi connectivity index (χ3n) is 4.45. The Morgan fingerprint density at radius 1 is 1.21 bits per heavy atom. The average molecular weight is 400 g/mol. The standard InChI is InChI=1S/C19H20N4O6/c1-11(24)12-3-2-4-13(7-12)20-16(25)8-14-10-29-6-5-23(14)18(27)15-9-17(26)22-19(28)21-15/h2-4,7,9,14H,5-6,8,10H2,1H3,(H,20,25)(H2,21,22,26,28)/t14-/m0/s1. The van der Waals surface area contributed by atoms with Gasteiger partial charge in [-0.1, -0.05) is 12.1 Å². The number of aromatic amines is 2. The van der Waals surface area contributed by atoms with Crippen LogP contribution in [0.2, 0.25) is 0 Å². The van der Waals surface area contributed by atoms with Crippen molar-refractivity contribution in [3.63, 3.8) is 0 Å². The van der Waals surface area contributed by atoms with Gasteiger partial charge in [-0.05, 0) is 19.1 Å². The molecule has 0 aliphatic carbocycles. The van der Waals surface area contributed by atoms with Crippen LogP contribution in [0.25, 0.3) is 0 Å². The minimum atomic E-state index is -0.784. The van der Waals surface area contributed by atoms with E-state index < -0.39 is 23.2 Å². The molecule has 1 atom stereocenters. The summed E-state index contributed by atoms with van der Waals surface area (Å²) in [5.74, 6) is -1.04. The minimum Gasteiger partial charge on any atom is -0.377 e. The molecule has 0 spiro atoms. The van der Waals surface area contributed by atoms with Crippen molar-refractivity contribution in [2.24, 2.45) is 0 Å². The third kappa shape index (κ3) is 5.05. The zero-order valence-electron chi connectivity index (χ0n) is 15.7. The second kappa shape index (κ2) is 8.65. The Kier molecular flexibility index (Phi) is 6.03. The number of carbonyl (C=O) groups excluding carboxylic acids is 3. The Hall–Kier alpha value is -3.53. The maximum atomic E-state index is 12.8. The fourth-order valence-corrected chi connectivity index (χ4v) is 3.07. The van der Waals surface area contributed by atoms with Crippen LogP contribution in [-0.2, 0) is 9.53 Å². The van der Waals surface area contributed by atoms with Crippen LogP contribution in [-0.4, -0.2) is 58.3 Å². The zero-order valence-corrected chi connectivity index (χ0v) is 15.7. The number of amides is 2. The molecule has 0 radical (unpaired) electrons. The number of nitrogens with zero attached hydrogens (tertiary/aromatic N) is 1. The molecule has 2 amide bonds. The summed E-state index contributed by atoms with van der Waals surface area (Å²) in [4.78, 5) is 65.3. The summed E-state index contributed by atoms with van der Waals surface area (Å²) in [5.41, 5.74) is -0.686. The Balaban J connectivity index is 1.72. The van der Waals surface area contributed by atoms with Gasteiger partial charge in [-0.2, -0.15) is 0 Å². The second-order valence-corrected chi connectivity index (χ2v) is 6.62. The molecule has 1 aliphatic rings. The number of Topliss-reactive ketones (excluding diaryl/α,β-unsaturated/α-hetero) is 1. The van der Waals surface area contributed by atoms with Crippen molar-refractivity contribution in [1.29, 1.82) is 0 Å². The quantitative estimate of drug-likeness (QED) is 0.610. The first kappa shape index (κ1) is 20.2. The average Bonchev–Trinajstić information content (AvgIpc) is 2.67. The first-order valence-electron chi connectivity index (χ1n) is 8.96. The van der Waals surface area contributed by atoms with E-state index in [0.717, 1.165) is 6.07 Å². The van der Waals surface area contributed by atoms with E-state index in [-0.39, 0.29) is 43.6 Å². The van der Waals surface area contributed by atoms with Crippen LogP contribution in [0.4, 0.5) is 5.69 Å². The van der Waals surface area contributed by atoms with E-state index in [0.29, 0.717) is 11.3 Å². The van der Waals surface area contributed by atoms with Crippen LogP contribution in [0.3, 0.4) is 0 Å². The molecule has 10 nitrogen and oxygen atoms in total. The SMILES string of the molecule is CC(=O)c1cccc(NC(=O)C[C@H]2COCCN2C(=O)c2cc(=O)[nH]c(=O)[nH]2)c1. The number of anilines is 1. The maximum absolute atomic E-state index is 12.8. The van der Waals surface area contributed by atoms with Crippen LogP contribution < -0.4 is 16.6 Å². The number of hydrogen-bond donors (Lipinski definition) is 3. The van der Waals surface area contributed by atoms with Crippen LogP contribution in [0.15, 0.2) is 39.9 Å². The first-order valence-corrected chi connectivity index (χ1v) is 8.96. The molecule has 1 aromatic carbocycles. The minimum absolute atomic E-state index is 0.0521. The van der Waals surface area contributed by atoms with E-state index in [1.807, 2.05) is 4.98 Å². The van der Waals surface area contributed by atoms with Crippen molar-refractivity contribution < 1.29 is 19.1 Å². The van der Waals surface area contributed by atoms with E-state index in [1.54, 1.807) is 24.3 Å². The summed E-state index contributed by atoms with van der Waals surface area (Å²) in [7, 11) is 0. The molecule has 152 valence electrons. The molecule has 1 saturated heterocycles. The van der Waals surface area contributed by atoms with Crippen molar-refractivity contribution in [2.75, 3.05) is 25.1 Å². The number of carbonyl (C=O) groups is 3. The number of ether oxygens (including phenoxy) is 1. The number of ketones is 1. The Bertz CT molecular complexity index is 1030. The summed E-state index contributed by atoms with van der Waals surface area (Å²) in [6, 6.07) is 6.97. The van der Waals surface area contributed by atoms with Gasteiger partial charge in [0.25, 0.3) is 11.5 Å².